The van der Waals surface area contributed by atoms with Crippen LogP contribution in [0.4, 0.5) is 5.69 Å². The zero-order valence-electron chi connectivity index (χ0n) is 18.6. The van der Waals surface area contributed by atoms with Gasteiger partial charge in [-0.1, -0.05) is 0 Å². The molecule has 2 heterocycles. The number of nitrogens with one attached hydrogen (secondary N) is 2. The van der Waals surface area contributed by atoms with Crippen LogP contribution in [0.15, 0.2) is 52.2 Å². The lowest BCUT2D eigenvalue weighted by Gasteiger charge is -2.26. The highest BCUT2D eigenvalue weighted by Gasteiger charge is 2.27. The number of benzene rings is 2. The summed E-state index contributed by atoms with van der Waals surface area (Å²) in [4.78, 5) is 39.7. The van der Waals surface area contributed by atoms with Crippen LogP contribution in [0.1, 0.15) is 26.3 Å². The van der Waals surface area contributed by atoms with E-state index in [0.717, 1.165) is 6.07 Å². The van der Waals surface area contributed by atoms with Crippen molar-refractivity contribution in [3.8, 4) is 0 Å². The number of aromatic amines is 1. The monoisotopic (exact) mass is 485 g/mol. The van der Waals surface area contributed by atoms with Crippen LogP contribution in [0, 0.1) is 6.92 Å². The lowest BCUT2D eigenvalue weighted by atomic mass is 10.1. The molecule has 1 aliphatic heterocycles. The number of H-pyrrole nitrogens is 1. The zero-order chi connectivity index (χ0) is 24.5. The predicted octanol–water partition coefficient (Wildman–Crippen LogP) is 1.90. The number of hydrogen-bond donors (Lipinski definition) is 2. The number of anilines is 1. The van der Waals surface area contributed by atoms with E-state index in [0.29, 0.717) is 35.5 Å². The molecule has 0 radical (unpaired) electrons. The molecule has 34 heavy (non-hydrogen) atoms. The molecule has 1 aliphatic rings. The van der Waals surface area contributed by atoms with Crippen molar-refractivity contribution in [1.29, 1.82) is 0 Å². The van der Waals surface area contributed by atoms with E-state index in [1.165, 1.54) is 35.7 Å². The highest BCUT2D eigenvalue weighted by molar-refractivity contribution is 7.89. The molecule has 0 aliphatic carbocycles. The van der Waals surface area contributed by atoms with Crippen molar-refractivity contribution < 1.29 is 27.5 Å². The van der Waals surface area contributed by atoms with Crippen molar-refractivity contribution in [2.24, 2.45) is 0 Å². The molecular weight excluding hydrogens is 462 g/mol. The van der Waals surface area contributed by atoms with Crippen molar-refractivity contribution in [3.63, 3.8) is 0 Å². The maximum atomic E-state index is 13.1. The summed E-state index contributed by atoms with van der Waals surface area (Å²) in [5, 5.41) is 3.02. The van der Waals surface area contributed by atoms with E-state index < -0.39 is 27.5 Å². The minimum Gasteiger partial charge on any atom is -0.465 e. The first kappa shape index (κ1) is 23.6. The minimum absolute atomic E-state index is 0.0154. The summed E-state index contributed by atoms with van der Waals surface area (Å²) in [6, 6.07) is 10.0. The lowest BCUT2D eigenvalue weighted by Crippen LogP contribution is -2.40. The van der Waals surface area contributed by atoms with Gasteiger partial charge in [0.05, 0.1) is 36.3 Å². The van der Waals surface area contributed by atoms with E-state index in [1.54, 1.807) is 19.1 Å². The summed E-state index contributed by atoms with van der Waals surface area (Å²) in [5.74, 6) is -1.10. The van der Waals surface area contributed by atoms with Crippen molar-refractivity contribution in [3.05, 3.63) is 69.5 Å². The number of rotatable bonds is 5. The fraction of sp³-hybridized carbons (Fsp3) is 0.261. The van der Waals surface area contributed by atoms with Crippen molar-refractivity contribution in [2.45, 2.75) is 11.8 Å². The minimum atomic E-state index is -3.80. The van der Waals surface area contributed by atoms with Crippen molar-refractivity contribution in [2.75, 3.05) is 38.7 Å². The smallest absolute Gasteiger partial charge is 0.337 e. The first-order chi connectivity index (χ1) is 16.2. The second kappa shape index (κ2) is 9.37. The number of sulfonamides is 1. The number of hydrogen-bond acceptors (Lipinski definition) is 7. The van der Waals surface area contributed by atoms with Crippen LogP contribution in [0.25, 0.3) is 10.9 Å². The summed E-state index contributed by atoms with van der Waals surface area (Å²) in [6.45, 7) is 2.80. The molecule has 0 atom stereocenters. The molecule has 4 rings (SSSR count). The number of morpholine rings is 1. The third-order valence-corrected chi connectivity index (χ3v) is 7.46. The number of nitrogens with zero attached hydrogens (tertiary/aromatic N) is 1. The summed E-state index contributed by atoms with van der Waals surface area (Å²) in [5.41, 5.74) is 1.23. The highest BCUT2D eigenvalue weighted by Crippen LogP contribution is 2.25. The summed E-state index contributed by atoms with van der Waals surface area (Å²) >= 11 is 0. The number of pyridine rings is 1. The van der Waals surface area contributed by atoms with Gasteiger partial charge in [-0.25, -0.2) is 13.2 Å². The average molecular weight is 486 g/mol. The predicted molar refractivity (Wildman–Crippen MR) is 125 cm³/mol. The Kier molecular flexibility index (Phi) is 6.51. The first-order valence-corrected chi connectivity index (χ1v) is 11.9. The number of esters is 1. The van der Waals surface area contributed by atoms with Gasteiger partial charge in [-0.05, 0) is 48.9 Å². The summed E-state index contributed by atoms with van der Waals surface area (Å²) in [6.07, 6.45) is 0. The molecule has 0 saturated carbocycles. The topological polar surface area (TPSA) is 135 Å². The number of amides is 1. The quantitative estimate of drug-likeness (QED) is 0.527. The van der Waals surface area contributed by atoms with E-state index in [9.17, 15) is 22.8 Å². The van der Waals surface area contributed by atoms with Gasteiger partial charge in [-0.15, -0.1) is 0 Å². The lowest BCUT2D eigenvalue weighted by molar-refractivity contribution is 0.0600. The number of methoxy groups -OCH3 is 1. The van der Waals surface area contributed by atoms with Crippen molar-refractivity contribution >= 4 is 38.5 Å². The number of fused-ring (bicyclic) bond motifs is 1. The molecule has 2 N–H and O–H groups in total. The van der Waals surface area contributed by atoms with Gasteiger partial charge in [0.25, 0.3) is 5.91 Å². The Morgan fingerprint density at radius 2 is 1.82 bits per heavy atom. The SMILES string of the molecule is COC(=O)c1ccc(NC(=O)c2cc(=O)[nH]c3ccc(S(=O)(=O)N4CCOCC4)cc23)c(C)c1. The van der Waals surface area contributed by atoms with Gasteiger partial charge in [-0.3, -0.25) is 9.59 Å². The van der Waals surface area contributed by atoms with Crippen LogP contribution in [0.2, 0.25) is 0 Å². The van der Waals surface area contributed by atoms with E-state index in [2.05, 4.69) is 10.3 Å². The third-order valence-electron chi connectivity index (χ3n) is 5.56. The molecule has 0 bridgehead atoms. The van der Waals surface area contributed by atoms with Gasteiger partial charge < -0.3 is 19.8 Å². The molecule has 2 aromatic carbocycles. The molecule has 11 heteroatoms. The molecule has 0 unspecified atom stereocenters. The maximum absolute atomic E-state index is 13.1. The molecule has 178 valence electrons. The van der Waals surface area contributed by atoms with Gasteiger partial charge in [0.15, 0.2) is 0 Å². The molecule has 0 spiro atoms. The maximum Gasteiger partial charge on any atom is 0.337 e. The van der Waals surface area contributed by atoms with Crippen LogP contribution in [-0.4, -0.2) is 63.0 Å². The van der Waals surface area contributed by atoms with Gasteiger partial charge in [0, 0.05) is 35.7 Å². The van der Waals surface area contributed by atoms with E-state index >= 15 is 0 Å². The third kappa shape index (κ3) is 4.58. The van der Waals surface area contributed by atoms with Crippen LogP contribution in [0.5, 0.6) is 0 Å². The van der Waals surface area contributed by atoms with Crippen LogP contribution in [0.3, 0.4) is 0 Å². The summed E-state index contributed by atoms with van der Waals surface area (Å²) < 4.78 is 37.4. The largest absolute Gasteiger partial charge is 0.465 e. The molecule has 1 amide bonds. The Labute approximate surface area is 195 Å². The second-order valence-electron chi connectivity index (χ2n) is 7.75. The number of carbonyl (C=O) groups excluding carboxylic acids is 2. The van der Waals surface area contributed by atoms with Gasteiger partial charge in [0.1, 0.15) is 0 Å². The molecule has 10 nitrogen and oxygen atoms in total. The molecular formula is C23H23N3O7S. The first-order valence-electron chi connectivity index (χ1n) is 10.5. The number of aromatic nitrogens is 1. The fourth-order valence-corrected chi connectivity index (χ4v) is 5.19. The normalized spacial score (nSPS) is 14.6. The van der Waals surface area contributed by atoms with Gasteiger partial charge >= 0.3 is 5.97 Å². The van der Waals surface area contributed by atoms with E-state index in [-0.39, 0.29) is 28.9 Å². The zero-order valence-corrected chi connectivity index (χ0v) is 19.4. The Hall–Kier alpha value is -3.54. The van der Waals surface area contributed by atoms with E-state index in [1.807, 2.05) is 0 Å². The van der Waals surface area contributed by atoms with Gasteiger partial charge in [-0.2, -0.15) is 4.31 Å². The number of aryl methyl sites for hydroxylation is 1. The number of carbonyl (C=O) groups is 2. The van der Waals surface area contributed by atoms with E-state index in [4.69, 9.17) is 9.47 Å². The van der Waals surface area contributed by atoms with Gasteiger partial charge in [0.2, 0.25) is 15.6 Å². The molecule has 1 saturated heterocycles. The molecule has 1 fully saturated rings. The summed E-state index contributed by atoms with van der Waals surface area (Å²) in [7, 11) is -2.52. The van der Waals surface area contributed by atoms with Crippen molar-refractivity contribution in [1.82, 2.24) is 9.29 Å². The molecule has 1 aromatic heterocycles. The Morgan fingerprint density at radius 3 is 2.50 bits per heavy atom. The Bertz CT molecular complexity index is 1440. The molecule has 3 aromatic rings. The van der Waals surface area contributed by atoms with Crippen LogP contribution < -0.4 is 10.9 Å². The highest BCUT2D eigenvalue weighted by atomic mass is 32.2. The second-order valence-corrected chi connectivity index (χ2v) is 9.68. The fourth-order valence-electron chi connectivity index (χ4n) is 3.76. The number of ether oxygens (including phenoxy) is 2. The van der Waals surface area contributed by atoms with Crippen LogP contribution >= 0.6 is 0 Å². The standard InChI is InChI=1S/C23H23N3O7S/c1-14-11-15(23(29)32-2)3-5-19(14)25-22(28)18-13-21(27)24-20-6-4-16(12-17(18)20)34(30,31)26-7-9-33-10-8-26/h3-6,11-13H,7-10H2,1-2H3,(H,24,27)(H,25,28). The van der Waals surface area contributed by atoms with Crippen LogP contribution in [-0.2, 0) is 19.5 Å². The Balaban J connectivity index is 1.72. The Morgan fingerprint density at radius 1 is 1.09 bits per heavy atom. The average Bonchev–Trinajstić information content (AvgIpc) is 2.84.